The number of ether oxygens (including phenoxy) is 3. The standard InChI is InChI=1S/C18H18ClNO4S/c1-11(18(21)20-14-9-12(19)3-5-15(14)22-2)25-13-4-6-16-17(10-13)24-8-7-23-16/h3-6,9-11H,7-8H2,1-2H3,(H,20,21)/t11-/m1/s1. The van der Waals surface area contributed by atoms with Crippen LogP contribution in [-0.2, 0) is 4.79 Å². The van der Waals surface area contributed by atoms with E-state index in [9.17, 15) is 4.79 Å². The first-order valence-corrected chi connectivity index (χ1v) is 9.03. The molecular weight excluding hydrogens is 362 g/mol. The molecule has 0 aliphatic carbocycles. The molecule has 0 fully saturated rings. The van der Waals surface area contributed by atoms with E-state index < -0.39 is 0 Å². The first-order chi connectivity index (χ1) is 12.1. The number of halogens is 1. The van der Waals surface area contributed by atoms with Crippen molar-refractivity contribution in [1.82, 2.24) is 0 Å². The van der Waals surface area contributed by atoms with Crippen LogP contribution in [0.15, 0.2) is 41.3 Å². The maximum atomic E-state index is 12.5. The zero-order chi connectivity index (χ0) is 17.8. The third-order valence-corrected chi connectivity index (χ3v) is 4.94. The van der Waals surface area contributed by atoms with E-state index in [0.29, 0.717) is 35.4 Å². The number of rotatable bonds is 5. The van der Waals surface area contributed by atoms with Crippen molar-refractivity contribution in [3.8, 4) is 17.2 Å². The number of anilines is 1. The van der Waals surface area contributed by atoms with Gasteiger partial charge in [0.1, 0.15) is 19.0 Å². The lowest BCUT2D eigenvalue weighted by atomic mass is 10.3. The van der Waals surface area contributed by atoms with Crippen LogP contribution in [0.5, 0.6) is 17.2 Å². The van der Waals surface area contributed by atoms with Crippen molar-refractivity contribution < 1.29 is 19.0 Å². The van der Waals surface area contributed by atoms with Gasteiger partial charge in [-0.2, -0.15) is 0 Å². The monoisotopic (exact) mass is 379 g/mol. The quantitative estimate of drug-likeness (QED) is 0.787. The van der Waals surface area contributed by atoms with Gasteiger partial charge in [-0.3, -0.25) is 4.79 Å². The largest absolute Gasteiger partial charge is 0.495 e. The summed E-state index contributed by atoms with van der Waals surface area (Å²) >= 11 is 7.44. The molecule has 0 bridgehead atoms. The molecular formula is C18H18ClNO4S. The Bertz CT molecular complexity index is 784. The Balaban J connectivity index is 1.68. The lowest BCUT2D eigenvalue weighted by molar-refractivity contribution is -0.115. The van der Waals surface area contributed by atoms with Crippen molar-refractivity contribution in [2.75, 3.05) is 25.6 Å². The van der Waals surface area contributed by atoms with Gasteiger partial charge in [0.25, 0.3) is 0 Å². The highest BCUT2D eigenvalue weighted by atomic mass is 35.5. The van der Waals surface area contributed by atoms with Gasteiger partial charge in [0.05, 0.1) is 18.0 Å². The summed E-state index contributed by atoms with van der Waals surface area (Å²) in [7, 11) is 1.55. The molecule has 0 spiro atoms. The Kier molecular flexibility index (Phi) is 5.60. The molecule has 7 heteroatoms. The maximum Gasteiger partial charge on any atom is 0.237 e. The van der Waals surface area contributed by atoms with Gasteiger partial charge < -0.3 is 19.5 Å². The minimum atomic E-state index is -0.314. The molecule has 0 saturated heterocycles. The van der Waals surface area contributed by atoms with Crippen LogP contribution in [0.25, 0.3) is 0 Å². The van der Waals surface area contributed by atoms with Crippen molar-refractivity contribution in [1.29, 1.82) is 0 Å². The predicted octanol–water partition coefficient (Wildman–Crippen LogP) is 4.24. The molecule has 2 aromatic rings. The van der Waals surface area contributed by atoms with Gasteiger partial charge >= 0.3 is 0 Å². The fraction of sp³-hybridized carbons (Fsp3) is 0.278. The number of amides is 1. The summed E-state index contributed by atoms with van der Waals surface area (Å²) in [6, 6.07) is 10.8. The zero-order valence-electron chi connectivity index (χ0n) is 13.9. The molecule has 1 N–H and O–H groups in total. The number of carbonyl (C=O) groups is 1. The van der Waals surface area contributed by atoms with Crippen molar-refractivity contribution in [3.63, 3.8) is 0 Å². The third-order valence-electron chi connectivity index (χ3n) is 3.62. The summed E-state index contributed by atoms with van der Waals surface area (Å²) in [5.41, 5.74) is 0.551. The number of thioether (sulfide) groups is 1. The zero-order valence-corrected chi connectivity index (χ0v) is 15.4. The van der Waals surface area contributed by atoms with Crippen LogP contribution in [-0.4, -0.2) is 31.5 Å². The van der Waals surface area contributed by atoms with Crippen LogP contribution >= 0.6 is 23.4 Å². The van der Waals surface area contributed by atoms with Crippen LogP contribution in [0.1, 0.15) is 6.92 Å². The van der Waals surface area contributed by atoms with Gasteiger partial charge in [-0.05, 0) is 43.3 Å². The smallest absolute Gasteiger partial charge is 0.237 e. The summed E-state index contributed by atoms with van der Waals surface area (Å²) in [6.07, 6.45) is 0. The fourth-order valence-electron chi connectivity index (χ4n) is 2.37. The summed E-state index contributed by atoms with van der Waals surface area (Å²) in [4.78, 5) is 13.4. The average molecular weight is 380 g/mol. The number of benzene rings is 2. The summed E-state index contributed by atoms with van der Waals surface area (Å²) in [5, 5.41) is 3.08. The van der Waals surface area contributed by atoms with Crippen LogP contribution < -0.4 is 19.5 Å². The molecule has 1 amide bonds. The van der Waals surface area contributed by atoms with Crippen molar-refractivity contribution in [3.05, 3.63) is 41.4 Å². The molecule has 1 atom stereocenters. The normalized spacial score (nSPS) is 13.9. The van der Waals surface area contributed by atoms with Gasteiger partial charge in [-0.1, -0.05) is 11.6 Å². The molecule has 3 rings (SSSR count). The maximum absolute atomic E-state index is 12.5. The Hall–Kier alpha value is -2.05. The number of carbonyl (C=O) groups excluding carboxylic acids is 1. The number of nitrogens with one attached hydrogen (secondary N) is 1. The Morgan fingerprint density at radius 2 is 1.96 bits per heavy atom. The lowest BCUT2D eigenvalue weighted by Gasteiger charge is -2.19. The molecule has 2 aromatic carbocycles. The van der Waals surface area contributed by atoms with Gasteiger partial charge in [-0.15, -0.1) is 11.8 Å². The second-order valence-corrected chi connectivity index (χ2v) is 7.25. The number of fused-ring (bicyclic) bond motifs is 1. The van der Waals surface area contributed by atoms with E-state index in [4.69, 9.17) is 25.8 Å². The highest BCUT2D eigenvalue weighted by Gasteiger charge is 2.18. The fourth-order valence-corrected chi connectivity index (χ4v) is 3.43. The highest BCUT2D eigenvalue weighted by molar-refractivity contribution is 8.00. The molecule has 0 unspecified atom stereocenters. The summed E-state index contributed by atoms with van der Waals surface area (Å²) < 4.78 is 16.3. The molecule has 132 valence electrons. The van der Waals surface area contributed by atoms with Crippen LogP contribution in [0.4, 0.5) is 5.69 Å². The van der Waals surface area contributed by atoms with E-state index in [-0.39, 0.29) is 11.2 Å². The molecule has 0 aromatic heterocycles. The Morgan fingerprint density at radius 3 is 2.72 bits per heavy atom. The van der Waals surface area contributed by atoms with Crippen LogP contribution in [0, 0.1) is 0 Å². The summed E-state index contributed by atoms with van der Waals surface area (Å²) in [6.45, 7) is 2.93. The van der Waals surface area contributed by atoms with Crippen molar-refractivity contribution in [2.24, 2.45) is 0 Å². The van der Waals surface area contributed by atoms with Gasteiger partial charge in [0.2, 0.25) is 5.91 Å². The number of hydrogen-bond donors (Lipinski definition) is 1. The van der Waals surface area contributed by atoms with Crippen molar-refractivity contribution in [2.45, 2.75) is 17.1 Å². The SMILES string of the molecule is COc1ccc(Cl)cc1NC(=O)[C@@H](C)Sc1ccc2c(c1)OCCO2. The minimum Gasteiger partial charge on any atom is -0.495 e. The number of methoxy groups -OCH3 is 1. The van der Waals surface area contributed by atoms with E-state index in [1.54, 1.807) is 25.3 Å². The molecule has 1 heterocycles. The topological polar surface area (TPSA) is 56.8 Å². The third kappa shape index (κ3) is 4.32. The highest BCUT2D eigenvalue weighted by Crippen LogP contribution is 2.36. The molecule has 25 heavy (non-hydrogen) atoms. The van der Waals surface area contributed by atoms with Gasteiger partial charge in [0.15, 0.2) is 11.5 Å². The van der Waals surface area contributed by atoms with E-state index in [1.165, 1.54) is 11.8 Å². The van der Waals surface area contributed by atoms with E-state index in [0.717, 1.165) is 10.6 Å². The lowest BCUT2D eigenvalue weighted by Crippen LogP contribution is -2.22. The van der Waals surface area contributed by atoms with E-state index in [1.807, 2.05) is 25.1 Å². The van der Waals surface area contributed by atoms with Crippen LogP contribution in [0.3, 0.4) is 0 Å². The first kappa shape index (κ1) is 17.8. The van der Waals surface area contributed by atoms with Crippen molar-refractivity contribution >= 4 is 35.0 Å². The number of hydrogen-bond acceptors (Lipinski definition) is 5. The van der Waals surface area contributed by atoms with Gasteiger partial charge in [-0.25, -0.2) is 0 Å². The first-order valence-electron chi connectivity index (χ1n) is 7.77. The molecule has 0 radical (unpaired) electrons. The molecule has 1 aliphatic rings. The van der Waals surface area contributed by atoms with Crippen LogP contribution in [0.2, 0.25) is 5.02 Å². The van der Waals surface area contributed by atoms with E-state index >= 15 is 0 Å². The summed E-state index contributed by atoms with van der Waals surface area (Å²) in [5.74, 6) is 1.87. The Morgan fingerprint density at radius 1 is 1.20 bits per heavy atom. The average Bonchev–Trinajstić information content (AvgIpc) is 2.61. The van der Waals surface area contributed by atoms with Gasteiger partial charge in [0, 0.05) is 9.92 Å². The minimum absolute atomic E-state index is 0.138. The Labute approximate surface area is 155 Å². The molecule has 0 saturated carbocycles. The molecule has 5 nitrogen and oxygen atoms in total. The second kappa shape index (κ2) is 7.89. The molecule has 1 aliphatic heterocycles. The van der Waals surface area contributed by atoms with E-state index in [2.05, 4.69) is 5.32 Å². The predicted molar refractivity (Wildman–Crippen MR) is 99.4 cm³/mol. The second-order valence-electron chi connectivity index (χ2n) is 5.40.